The summed E-state index contributed by atoms with van der Waals surface area (Å²) in [6.45, 7) is 0. The van der Waals surface area contributed by atoms with Crippen LogP contribution in [-0.2, 0) is 0 Å². The zero-order valence-corrected chi connectivity index (χ0v) is 11.1. The lowest BCUT2D eigenvalue weighted by Gasteiger charge is -1.92. The molecule has 0 aromatic carbocycles. The average Bonchev–Trinajstić information content (AvgIpc) is 2.95. The van der Waals surface area contributed by atoms with E-state index in [9.17, 15) is 4.79 Å². The van der Waals surface area contributed by atoms with E-state index in [-0.39, 0.29) is 11.9 Å². The Morgan fingerprint density at radius 1 is 1.44 bits per heavy atom. The van der Waals surface area contributed by atoms with Gasteiger partial charge in [-0.05, 0) is 12.1 Å². The van der Waals surface area contributed by atoms with Crippen LogP contribution < -0.4 is 16.8 Å². The van der Waals surface area contributed by atoms with Crippen molar-refractivity contribution in [3.8, 4) is 10.6 Å². The fourth-order valence-corrected chi connectivity index (χ4v) is 2.95. The van der Waals surface area contributed by atoms with Gasteiger partial charge in [-0.15, -0.1) is 22.7 Å². The Labute approximate surface area is 111 Å². The third-order valence-corrected chi connectivity index (χ3v) is 3.87. The zero-order chi connectivity index (χ0) is 13.1. The quantitative estimate of drug-likeness (QED) is 0.579. The summed E-state index contributed by atoms with van der Waals surface area (Å²) in [4.78, 5) is 21.1. The molecule has 0 aliphatic rings. The Bertz CT molecular complexity index is 597. The molecule has 0 bridgehead atoms. The number of thiazole rings is 1. The van der Waals surface area contributed by atoms with Crippen LogP contribution >= 0.6 is 22.7 Å². The molecular weight excluding hydrogens is 270 g/mol. The molecule has 6 nitrogen and oxygen atoms in total. The van der Waals surface area contributed by atoms with Gasteiger partial charge in [-0.2, -0.15) is 4.99 Å². The lowest BCUT2D eigenvalue weighted by atomic mass is 10.3. The SMILES string of the molecule is CNC(=O)c1ccc(-c2csc(N=C(N)N)n2)s1. The number of hydrogen-bond donors (Lipinski definition) is 3. The van der Waals surface area contributed by atoms with Gasteiger partial charge in [0.15, 0.2) is 5.96 Å². The molecule has 5 N–H and O–H groups in total. The summed E-state index contributed by atoms with van der Waals surface area (Å²) < 4.78 is 0. The number of carbonyl (C=O) groups is 1. The van der Waals surface area contributed by atoms with Gasteiger partial charge in [0.05, 0.1) is 15.4 Å². The summed E-state index contributed by atoms with van der Waals surface area (Å²) in [5.41, 5.74) is 11.3. The average molecular weight is 281 g/mol. The van der Waals surface area contributed by atoms with E-state index in [1.807, 2.05) is 11.4 Å². The first-order valence-electron chi connectivity index (χ1n) is 4.97. The van der Waals surface area contributed by atoms with Crippen LogP contribution in [0.5, 0.6) is 0 Å². The lowest BCUT2D eigenvalue weighted by Crippen LogP contribution is -2.21. The summed E-state index contributed by atoms with van der Waals surface area (Å²) in [5.74, 6) is -0.126. The Hall–Kier alpha value is -1.93. The number of carbonyl (C=O) groups excluding carboxylic acids is 1. The number of aliphatic imine (C=N–C) groups is 1. The van der Waals surface area contributed by atoms with Crippen LogP contribution in [0.15, 0.2) is 22.5 Å². The van der Waals surface area contributed by atoms with E-state index in [2.05, 4.69) is 15.3 Å². The molecule has 0 atom stereocenters. The molecule has 0 saturated heterocycles. The van der Waals surface area contributed by atoms with Crippen molar-refractivity contribution in [2.45, 2.75) is 0 Å². The summed E-state index contributed by atoms with van der Waals surface area (Å²) in [6, 6.07) is 3.61. The van der Waals surface area contributed by atoms with Gasteiger partial charge in [0.2, 0.25) is 5.13 Å². The van der Waals surface area contributed by atoms with Crippen molar-refractivity contribution >= 4 is 39.7 Å². The Kier molecular flexibility index (Phi) is 3.58. The number of nitrogens with one attached hydrogen (secondary N) is 1. The first-order chi connectivity index (χ1) is 8.60. The van der Waals surface area contributed by atoms with Crippen LogP contribution in [0, 0.1) is 0 Å². The summed E-state index contributed by atoms with van der Waals surface area (Å²) in [5, 5.41) is 4.92. The summed E-state index contributed by atoms with van der Waals surface area (Å²) in [7, 11) is 1.60. The van der Waals surface area contributed by atoms with Gasteiger partial charge >= 0.3 is 0 Å². The Morgan fingerprint density at radius 2 is 2.22 bits per heavy atom. The van der Waals surface area contributed by atoms with E-state index in [4.69, 9.17) is 11.5 Å². The van der Waals surface area contributed by atoms with Gasteiger partial charge in [0, 0.05) is 12.4 Å². The van der Waals surface area contributed by atoms with Gasteiger partial charge in [-0.1, -0.05) is 0 Å². The highest BCUT2D eigenvalue weighted by atomic mass is 32.1. The second kappa shape index (κ2) is 5.15. The molecule has 2 aromatic rings. The van der Waals surface area contributed by atoms with Crippen LogP contribution in [-0.4, -0.2) is 23.9 Å². The number of guanidine groups is 1. The highest BCUT2D eigenvalue weighted by Gasteiger charge is 2.11. The zero-order valence-electron chi connectivity index (χ0n) is 9.51. The lowest BCUT2D eigenvalue weighted by molar-refractivity contribution is 0.0967. The molecule has 18 heavy (non-hydrogen) atoms. The molecule has 2 heterocycles. The van der Waals surface area contributed by atoms with Crippen molar-refractivity contribution in [2.75, 3.05) is 7.05 Å². The molecule has 8 heteroatoms. The van der Waals surface area contributed by atoms with Gasteiger partial charge < -0.3 is 16.8 Å². The van der Waals surface area contributed by atoms with E-state index in [0.717, 1.165) is 10.6 Å². The first kappa shape index (κ1) is 12.5. The molecule has 2 rings (SSSR count). The maximum Gasteiger partial charge on any atom is 0.261 e. The monoisotopic (exact) mass is 281 g/mol. The number of aromatic nitrogens is 1. The van der Waals surface area contributed by atoms with Crippen molar-refractivity contribution < 1.29 is 4.79 Å². The fraction of sp³-hybridized carbons (Fsp3) is 0.100. The van der Waals surface area contributed by atoms with E-state index in [1.165, 1.54) is 22.7 Å². The van der Waals surface area contributed by atoms with Crippen LogP contribution in [0.4, 0.5) is 5.13 Å². The van der Waals surface area contributed by atoms with Crippen LogP contribution in [0.25, 0.3) is 10.6 Å². The molecule has 0 unspecified atom stereocenters. The van der Waals surface area contributed by atoms with Gasteiger partial charge in [-0.3, -0.25) is 4.79 Å². The predicted molar refractivity (Wildman–Crippen MR) is 74.3 cm³/mol. The third-order valence-electron chi connectivity index (χ3n) is 2.03. The second-order valence-corrected chi connectivity index (χ2v) is 5.22. The smallest absolute Gasteiger partial charge is 0.261 e. The van der Waals surface area contributed by atoms with E-state index in [1.54, 1.807) is 13.1 Å². The minimum Gasteiger partial charge on any atom is -0.370 e. The predicted octanol–water partition coefficient (Wildman–Crippen LogP) is 1.14. The number of amides is 1. The van der Waals surface area contributed by atoms with Crippen molar-refractivity contribution in [3.05, 3.63) is 22.4 Å². The van der Waals surface area contributed by atoms with E-state index >= 15 is 0 Å². The van der Waals surface area contributed by atoms with Crippen molar-refractivity contribution in [3.63, 3.8) is 0 Å². The number of hydrogen-bond acceptors (Lipinski definition) is 5. The molecule has 94 valence electrons. The van der Waals surface area contributed by atoms with E-state index in [0.29, 0.717) is 10.0 Å². The van der Waals surface area contributed by atoms with Gasteiger partial charge in [0.25, 0.3) is 5.91 Å². The number of rotatable bonds is 3. The maximum atomic E-state index is 11.4. The topological polar surface area (TPSA) is 106 Å². The van der Waals surface area contributed by atoms with E-state index < -0.39 is 0 Å². The third kappa shape index (κ3) is 2.66. The maximum absolute atomic E-state index is 11.4. The highest BCUT2D eigenvalue weighted by molar-refractivity contribution is 7.18. The number of thiophene rings is 1. The van der Waals surface area contributed by atoms with Crippen molar-refractivity contribution in [1.82, 2.24) is 10.3 Å². The van der Waals surface area contributed by atoms with Gasteiger partial charge in [-0.25, -0.2) is 4.98 Å². The molecule has 1 amide bonds. The van der Waals surface area contributed by atoms with Crippen LogP contribution in [0.1, 0.15) is 9.67 Å². The molecule has 0 aliphatic heterocycles. The molecule has 0 fully saturated rings. The minimum absolute atomic E-state index is 0.0203. The second-order valence-electron chi connectivity index (χ2n) is 3.30. The highest BCUT2D eigenvalue weighted by Crippen LogP contribution is 2.31. The minimum atomic E-state index is -0.106. The fourth-order valence-electron chi connectivity index (χ4n) is 1.26. The molecule has 0 aliphatic carbocycles. The normalized spacial score (nSPS) is 10.1. The number of nitrogens with zero attached hydrogens (tertiary/aromatic N) is 2. The first-order valence-corrected chi connectivity index (χ1v) is 6.67. The molecule has 2 aromatic heterocycles. The standard InChI is InChI=1S/C10H11N5OS2/c1-13-8(16)7-3-2-6(18-7)5-4-17-10(14-5)15-9(11)12/h2-4H,1H3,(H,13,16)(H4,11,12,14,15). The van der Waals surface area contributed by atoms with Crippen LogP contribution in [0.2, 0.25) is 0 Å². The molecule has 0 saturated carbocycles. The Balaban J connectivity index is 2.26. The largest absolute Gasteiger partial charge is 0.370 e. The van der Waals surface area contributed by atoms with Crippen molar-refractivity contribution in [2.24, 2.45) is 16.5 Å². The van der Waals surface area contributed by atoms with Crippen molar-refractivity contribution in [1.29, 1.82) is 0 Å². The van der Waals surface area contributed by atoms with Crippen LogP contribution in [0.3, 0.4) is 0 Å². The summed E-state index contributed by atoms with van der Waals surface area (Å²) >= 11 is 2.72. The molecule has 0 radical (unpaired) electrons. The Morgan fingerprint density at radius 3 is 2.89 bits per heavy atom. The summed E-state index contributed by atoms with van der Waals surface area (Å²) in [6.07, 6.45) is 0. The number of nitrogens with two attached hydrogens (primary N) is 2. The molecular formula is C10H11N5OS2. The molecule has 0 spiro atoms. The van der Waals surface area contributed by atoms with Gasteiger partial charge in [0.1, 0.15) is 0 Å².